The van der Waals surface area contributed by atoms with Crippen molar-refractivity contribution in [1.82, 2.24) is 15.3 Å². The number of ether oxygens (including phenoxy) is 1. The number of aromatic nitrogens is 2. The summed E-state index contributed by atoms with van der Waals surface area (Å²) in [7, 11) is 1.66. The van der Waals surface area contributed by atoms with E-state index in [4.69, 9.17) is 4.74 Å². The summed E-state index contributed by atoms with van der Waals surface area (Å²) in [4.78, 5) is 23.2. The highest BCUT2D eigenvalue weighted by Crippen LogP contribution is 2.21. The molecule has 0 unspecified atom stereocenters. The van der Waals surface area contributed by atoms with Gasteiger partial charge < -0.3 is 15.0 Å². The molecule has 2 heterocycles. The topological polar surface area (TPSA) is 67.3 Å². The fraction of sp³-hybridized carbons (Fsp3) is 0.421. The summed E-state index contributed by atoms with van der Waals surface area (Å²) in [6.45, 7) is 4.06. The third-order valence-electron chi connectivity index (χ3n) is 4.57. The highest BCUT2D eigenvalue weighted by atomic mass is 16.5. The van der Waals surface area contributed by atoms with Gasteiger partial charge in [0.05, 0.1) is 13.0 Å². The van der Waals surface area contributed by atoms with E-state index in [2.05, 4.69) is 20.2 Å². The molecule has 1 fully saturated rings. The molecule has 0 bridgehead atoms. The predicted octanol–water partition coefficient (Wildman–Crippen LogP) is 2.33. The Morgan fingerprint density at radius 2 is 2.16 bits per heavy atom. The van der Waals surface area contributed by atoms with E-state index >= 15 is 0 Å². The fourth-order valence-corrected chi connectivity index (χ4v) is 3.14. The van der Waals surface area contributed by atoms with Crippen molar-refractivity contribution >= 4 is 11.9 Å². The monoisotopic (exact) mass is 340 g/mol. The Hall–Kier alpha value is -2.63. The number of anilines is 1. The number of benzene rings is 1. The molecule has 6 nitrogen and oxygen atoms in total. The van der Waals surface area contributed by atoms with Crippen molar-refractivity contribution in [3.63, 3.8) is 0 Å². The van der Waals surface area contributed by atoms with Crippen LogP contribution in [0.5, 0.6) is 5.75 Å². The molecule has 0 radical (unpaired) electrons. The van der Waals surface area contributed by atoms with Gasteiger partial charge in [0.25, 0.3) is 0 Å². The highest BCUT2D eigenvalue weighted by molar-refractivity contribution is 5.79. The number of hydrogen-bond donors (Lipinski definition) is 1. The first kappa shape index (κ1) is 17.2. The number of nitrogens with zero attached hydrogens (tertiary/aromatic N) is 3. The van der Waals surface area contributed by atoms with Gasteiger partial charge in [0.15, 0.2) is 0 Å². The van der Waals surface area contributed by atoms with Crippen molar-refractivity contribution in [2.45, 2.75) is 26.3 Å². The van der Waals surface area contributed by atoms with Gasteiger partial charge in [-0.05, 0) is 43.0 Å². The second-order valence-corrected chi connectivity index (χ2v) is 6.36. The summed E-state index contributed by atoms with van der Waals surface area (Å²) in [5.74, 6) is 1.59. The molecular formula is C19H24N4O2. The summed E-state index contributed by atoms with van der Waals surface area (Å²) < 4.78 is 5.34. The molecule has 3 rings (SSSR count). The Balaban J connectivity index is 1.57. The number of piperidine rings is 1. The van der Waals surface area contributed by atoms with Crippen LogP contribution < -0.4 is 15.0 Å². The molecular weight excluding hydrogens is 316 g/mol. The Morgan fingerprint density at radius 3 is 2.92 bits per heavy atom. The maximum absolute atomic E-state index is 12.6. The zero-order valence-electron chi connectivity index (χ0n) is 14.7. The van der Waals surface area contributed by atoms with Gasteiger partial charge in [-0.15, -0.1) is 0 Å². The largest absolute Gasteiger partial charge is 0.496 e. The van der Waals surface area contributed by atoms with Crippen molar-refractivity contribution in [2.75, 3.05) is 25.1 Å². The molecule has 0 aliphatic carbocycles. The van der Waals surface area contributed by atoms with E-state index in [0.717, 1.165) is 36.3 Å². The van der Waals surface area contributed by atoms with Crippen molar-refractivity contribution in [2.24, 2.45) is 5.92 Å². The van der Waals surface area contributed by atoms with Crippen LogP contribution in [-0.4, -0.2) is 36.1 Å². The summed E-state index contributed by atoms with van der Waals surface area (Å²) in [5.41, 5.74) is 2.12. The molecule has 0 spiro atoms. The molecule has 132 valence electrons. The Bertz CT molecular complexity index is 721. The SMILES string of the molecule is COc1cc(CNC(=O)[C@H]2CCCN(c3ncccn3)C2)ccc1C. The Morgan fingerprint density at radius 1 is 1.36 bits per heavy atom. The fourth-order valence-electron chi connectivity index (χ4n) is 3.14. The molecule has 6 heteroatoms. The average molecular weight is 340 g/mol. The van der Waals surface area contributed by atoms with Gasteiger partial charge in [0, 0.05) is 32.0 Å². The first-order chi connectivity index (χ1) is 12.2. The molecule has 1 amide bonds. The molecule has 25 heavy (non-hydrogen) atoms. The second kappa shape index (κ2) is 7.96. The van der Waals surface area contributed by atoms with E-state index in [1.165, 1.54) is 0 Å². The maximum atomic E-state index is 12.6. The standard InChI is InChI=1S/C19H24N4O2/c1-14-6-7-15(11-17(14)25-2)12-22-18(24)16-5-3-10-23(13-16)19-20-8-4-9-21-19/h4,6-9,11,16H,3,5,10,12-13H2,1-2H3,(H,22,24)/t16-/m0/s1. The van der Waals surface area contributed by atoms with E-state index in [-0.39, 0.29) is 11.8 Å². The number of rotatable bonds is 5. The lowest BCUT2D eigenvalue weighted by atomic mass is 9.97. The lowest BCUT2D eigenvalue weighted by molar-refractivity contribution is -0.125. The van der Waals surface area contributed by atoms with Crippen LogP contribution >= 0.6 is 0 Å². The van der Waals surface area contributed by atoms with Crippen LogP contribution in [0, 0.1) is 12.8 Å². The molecule has 1 atom stereocenters. The molecule has 1 aromatic heterocycles. The van der Waals surface area contributed by atoms with Crippen molar-refractivity contribution in [3.05, 3.63) is 47.8 Å². The van der Waals surface area contributed by atoms with E-state index < -0.39 is 0 Å². The number of carbonyl (C=O) groups excluding carboxylic acids is 1. The zero-order chi connectivity index (χ0) is 17.6. The molecule has 0 saturated carbocycles. The quantitative estimate of drug-likeness (QED) is 0.905. The summed E-state index contributed by atoms with van der Waals surface area (Å²) in [6, 6.07) is 7.80. The van der Waals surface area contributed by atoms with Crippen LogP contribution in [0.2, 0.25) is 0 Å². The molecule has 1 aliphatic rings. The van der Waals surface area contributed by atoms with Crippen LogP contribution in [0.1, 0.15) is 24.0 Å². The second-order valence-electron chi connectivity index (χ2n) is 6.36. The van der Waals surface area contributed by atoms with Crippen molar-refractivity contribution in [1.29, 1.82) is 0 Å². The van der Waals surface area contributed by atoms with Gasteiger partial charge in [0.1, 0.15) is 5.75 Å². The first-order valence-electron chi connectivity index (χ1n) is 8.60. The minimum Gasteiger partial charge on any atom is -0.496 e. The molecule has 1 saturated heterocycles. The molecule has 2 aromatic rings. The normalized spacial score (nSPS) is 17.2. The minimum atomic E-state index is -0.0371. The number of hydrogen-bond acceptors (Lipinski definition) is 5. The lowest BCUT2D eigenvalue weighted by Crippen LogP contribution is -2.43. The molecule has 1 aliphatic heterocycles. The molecule has 1 N–H and O–H groups in total. The predicted molar refractivity (Wildman–Crippen MR) is 96.5 cm³/mol. The van der Waals surface area contributed by atoms with Gasteiger partial charge in [0.2, 0.25) is 11.9 Å². The van der Waals surface area contributed by atoms with Crippen molar-refractivity contribution in [3.8, 4) is 5.75 Å². The lowest BCUT2D eigenvalue weighted by Gasteiger charge is -2.31. The summed E-state index contributed by atoms with van der Waals surface area (Å²) in [6.07, 6.45) is 5.33. The third kappa shape index (κ3) is 4.26. The smallest absolute Gasteiger partial charge is 0.225 e. The van der Waals surface area contributed by atoms with Crippen LogP contribution in [0.25, 0.3) is 0 Å². The Kier molecular flexibility index (Phi) is 5.48. The number of aryl methyl sites for hydroxylation is 1. The van der Waals surface area contributed by atoms with E-state index in [1.54, 1.807) is 25.6 Å². The minimum absolute atomic E-state index is 0.0371. The Labute approximate surface area is 148 Å². The number of methoxy groups -OCH3 is 1. The zero-order valence-corrected chi connectivity index (χ0v) is 14.7. The van der Waals surface area contributed by atoms with Crippen LogP contribution in [0.4, 0.5) is 5.95 Å². The van der Waals surface area contributed by atoms with Crippen LogP contribution in [-0.2, 0) is 11.3 Å². The van der Waals surface area contributed by atoms with Gasteiger partial charge in [-0.3, -0.25) is 4.79 Å². The summed E-state index contributed by atoms with van der Waals surface area (Å²) in [5, 5.41) is 3.05. The third-order valence-corrected chi connectivity index (χ3v) is 4.57. The van der Waals surface area contributed by atoms with Crippen molar-refractivity contribution < 1.29 is 9.53 Å². The first-order valence-corrected chi connectivity index (χ1v) is 8.60. The average Bonchev–Trinajstić information content (AvgIpc) is 2.68. The van der Waals surface area contributed by atoms with Crippen LogP contribution in [0.15, 0.2) is 36.7 Å². The molecule has 1 aromatic carbocycles. The van der Waals surface area contributed by atoms with Crippen LogP contribution in [0.3, 0.4) is 0 Å². The maximum Gasteiger partial charge on any atom is 0.225 e. The van der Waals surface area contributed by atoms with E-state index in [0.29, 0.717) is 19.0 Å². The van der Waals surface area contributed by atoms with Gasteiger partial charge >= 0.3 is 0 Å². The number of nitrogens with one attached hydrogen (secondary N) is 1. The van der Waals surface area contributed by atoms with Gasteiger partial charge in [-0.1, -0.05) is 12.1 Å². The van der Waals surface area contributed by atoms with E-state index in [1.807, 2.05) is 25.1 Å². The van der Waals surface area contributed by atoms with E-state index in [9.17, 15) is 4.79 Å². The van der Waals surface area contributed by atoms with Gasteiger partial charge in [-0.2, -0.15) is 0 Å². The number of carbonyl (C=O) groups is 1. The van der Waals surface area contributed by atoms with Gasteiger partial charge in [-0.25, -0.2) is 9.97 Å². The highest BCUT2D eigenvalue weighted by Gasteiger charge is 2.26. The summed E-state index contributed by atoms with van der Waals surface area (Å²) >= 11 is 0. The number of amides is 1.